The van der Waals surface area contributed by atoms with Gasteiger partial charge in [-0.1, -0.05) is 0 Å². The maximum Gasteiger partial charge on any atom is 0.127 e. The molecule has 0 saturated carbocycles. The topological polar surface area (TPSA) is 89.5 Å². The van der Waals surface area contributed by atoms with Crippen molar-refractivity contribution in [2.45, 2.75) is 9.79 Å². The van der Waals surface area contributed by atoms with E-state index in [9.17, 15) is 17.5 Å². The van der Waals surface area contributed by atoms with Crippen molar-refractivity contribution in [3.8, 4) is 11.5 Å². The van der Waals surface area contributed by atoms with Crippen molar-refractivity contribution >= 4 is 22.2 Å². The van der Waals surface area contributed by atoms with Gasteiger partial charge in [0.1, 0.15) is 11.5 Å². The van der Waals surface area contributed by atoms with Crippen LogP contribution in [0.25, 0.3) is 0 Å². The summed E-state index contributed by atoms with van der Waals surface area (Å²) in [6.07, 6.45) is 0. The SMILES string of the molecule is O=S([O-])c1ccc(Oc2ccc(S(=O)[O-])cc2)cc1. The predicted octanol–water partition coefficient (Wildman–Crippen LogP) is 1.95. The summed E-state index contributed by atoms with van der Waals surface area (Å²) >= 11 is -4.53. The average molecular weight is 296 g/mol. The molecule has 0 aromatic heterocycles. The molecule has 2 aromatic carbocycles. The van der Waals surface area contributed by atoms with Gasteiger partial charge in [0.25, 0.3) is 0 Å². The number of hydrogen-bond donors (Lipinski definition) is 0. The number of rotatable bonds is 4. The Kier molecular flexibility index (Phi) is 4.43. The van der Waals surface area contributed by atoms with Crippen LogP contribution in [0.5, 0.6) is 11.5 Å². The first-order chi connectivity index (χ1) is 9.06. The summed E-state index contributed by atoms with van der Waals surface area (Å²) in [6.45, 7) is 0. The molecule has 19 heavy (non-hydrogen) atoms. The largest absolute Gasteiger partial charge is 0.768 e. The molecule has 2 aromatic rings. The highest BCUT2D eigenvalue weighted by atomic mass is 32.2. The minimum absolute atomic E-state index is 0.171. The fraction of sp³-hybridized carbons (Fsp3) is 0. The molecule has 2 rings (SSSR count). The van der Waals surface area contributed by atoms with Crippen molar-refractivity contribution in [3.63, 3.8) is 0 Å². The molecule has 0 fully saturated rings. The van der Waals surface area contributed by atoms with E-state index in [2.05, 4.69) is 0 Å². The highest BCUT2D eigenvalue weighted by Crippen LogP contribution is 2.23. The van der Waals surface area contributed by atoms with Gasteiger partial charge < -0.3 is 13.8 Å². The molecule has 5 nitrogen and oxygen atoms in total. The van der Waals surface area contributed by atoms with Gasteiger partial charge in [0.05, 0.1) is 0 Å². The number of ether oxygens (including phenoxy) is 1. The molecule has 2 atom stereocenters. The van der Waals surface area contributed by atoms with Crippen LogP contribution >= 0.6 is 0 Å². The van der Waals surface area contributed by atoms with E-state index in [4.69, 9.17) is 4.74 Å². The summed E-state index contributed by atoms with van der Waals surface area (Å²) in [5.41, 5.74) is 0. The lowest BCUT2D eigenvalue weighted by Gasteiger charge is -2.09. The molecule has 0 saturated heterocycles. The molecule has 2 unspecified atom stereocenters. The van der Waals surface area contributed by atoms with Crippen LogP contribution in [-0.2, 0) is 22.2 Å². The van der Waals surface area contributed by atoms with Gasteiger partial charge in [0.2, 0.25) is 0 Å². The Morgan fingerprint density at radius 3 is 1.26 bits per heavy atom. The van der Waals surface area contributed by atoms with Crippen LogP contribution in [0.15, 0.2) is 58.3 Å². The average Bonchev–Trinajstić information content (AvgIpc) is 2.40. The monoisotopic (exact) mass is 296 g/mol. The predicted molar refractivity (Wildman–Crippen MR) is 67.3 cm³/mol. The quantitative estimate of drug-likeness (QED) is 0.804. The van der Waals surface area contributed by atoms with Crippen molar-refractivity contribution in [3.05, 3.63) is 48.5 Å². The first kappa shape index (κ1) is 13.9. The molecule has 7 heteroatoms. The van der Waals surface area contributed by atoms with Gasteiger partial charge in [-0.25, -0.2) is 0 Å². The van der Waals surface area contributed by atoms with E-state index < -0.39 is 22.2 Å². The standard InChI is InChI=1S/C12H10O5S2/c13-18(14)11-5-1-9(2-6-11)17-10-3-7-12(8-4-10)19(15)16/h1-8H,(H,13,14)(H,15,16)/p-2. The second-order valence-electron chi connectivity index (χ2n) is 3.51. The third kappa shape index (κ3) is 3.71. The van der Waals surface area contributed by atoms with E-state index in [-0.39, 0.29) is 9.79 Å². The Morgan fingerprint density at radius 1 is 0.684 bits per heavy atom. The minimum atomic E-state index is -2.27. The van der Waals surface area contributed by atoms with Crippen LogP contribution in [0, 0.1) is 0 Å². The molecule has 100 valence electrons. The first-order valence-electron chi connectivity index (χ1n) is 5.13. The van der Waals surface area contributed by atoms with Gasteiger partial charge in [0.15, 0.2) is 0 Å². The summed E-state index contributed by atoms with van der Waals surface area (Å²) in [7, 11) is 0. The summed E-state index contributed by atoms with van der Waals surface area (Å²) in [5.74, 6) is 0.926. The molecule has 0 aliphatic carbocycles. The molecule has 0 radical (unpaired) electrons. The van der Waals surface area contributed by atoms with E-state index in [1.807, 2.05) is 0 Å². The highest BCUT2D eigenvalue weighted by Gasteiger charge is 1.99. The first-order valence-corrected chi connectivity index (χ1v) is 7.28. The molecule has 0 amide bonds. The van der Waals surface area contributed by atoms with Crippen molar-refractivity contribution in [2.24, 2.45) is 0 Å². The van der Waals surface area contributed by atoms with Crippen LogP contribution in [0.2, 0.25) is 0 Å². The third-order valence-corrected chi connectivity index (χ3v) is 3.58. The van der Waals surface area contributed by atoms with E-state index >= 15 is 0 Å². The summed E-state index contributed by atoms with van der Waals surface area (Å²) < 4.78 is 48.1. The van der Waals surface area contributed by atoms with Crippen molar-refractivity contribution in [1.29, 1.82) is 0 Å². The fourth-order valence-electron chi connectivity index (χ4n) is 1.37. The molecular weight excluding hydrogens is 288 g/mol. The minimum Gasteiger partial charge on any atom is -0.768 e. The zero-order valence-electron chi connectivity index (χ0n) is 9.48. The molecule has 0 N–H and O–H groups in total. The van der Waals surface area contributed by atoms with Crippen LogP contribution in [-0.4, -0.2) is 17.5 Å². The van der Waals surface area contributed by atoms with Gasteiger partial charge >= 0.3 is 0 Å². The van der Waals surface area contributed by atoms with E-state index in [0.717, 1.165) is 0 Å². The zero-order chi connectivity index (χ0) is 13.8. The number of benzene rings is 2. The normalized spacial score (nSPS) is 13.8. The highest BCUT2D eigenvalue weighted by molar-refractivity contribution is 7.79. The Morgan fingerprint density at radius 2 is 1.00 bits per heavy atom. The lowest BCUT2D eigenvalue weighted by atomic mass is 10.3. The summed E-state index contributed by atoms with van der Waals surface area (Å²) in [5, 5.41) is 0. The second kappa shape index (κ2) is 6.07. The summed E-state index contributed by atoms with van der Waals surface area (Å²) in [6, 6.07) is 11.7. The van der Waals surface area contributed by atoms with Crippen molar-refractivity contribution in [1.82, 2.24) is 0 Å². The molecule has 0 aliphatic heterocycles. The molecule has 0 heterocycles. The van der Waals surface area contributed by atoms with Crippen LogP contribution in [0.3, 0.4) is 0 Å². The Labute approximate surface area is 114 Å². The third-order valence-electron chi connectivity index (χ3n) is 2.27. The smallest absolute Gasteiger partial charge is 0.127 e. The van der Waals surface area contributed by atoms with Crippen LogP contribution in [0.4, 0.5) is 0 Å². The van der Waals surface area contributed by atoms with E-state index in [1.54, 1.807) is 0 Å². The maximum atomic E-state index is 10.7. The van der Waals surface area contributed by atoms with E-state index in [0.29, 0.717) is 11.5 Å². The van der Waals surface area contributed by atoms with Crippen molar-refractivity contribution in [2.75, 3.05) is 0 Å². The van der Waals surface area contributed by atoms with Gasteiger partial charge in [-0.05, 0) is 70.7 Å². The summed E-state index contributed by atoms with van der Waals surface area (Å²) in [4.78, 5) is 0.342. The Bertz CT molecular complexity index is 552. The van der Waals surface area contributed by atoms with Gasteiger partial charge in [-0.3, -0.25) is 8.42 Å². The van der Waals surface area contributed by atoms with Crippen LogP contribution in [0.1, 0.15) is 0 Å². The second-order valence-corrected chi connectivity index (χ2v) is 5.40. The maximum absolute atomic E-state index is 10.7. The van der Waals surface area contributed by atoms with Gasteiger partial charge in [0, 0.05) is 9.79 Å². The number of hydrogen-bond acceptors (Lipinski definition) is 5. The lowest BCUT2D eigenvalue weighted by Crippen LogP contribution is -1.90. The Balaban J connectivity index is 2.12. The molecular formula is C12H8O5S2-2. The zero-order valence-corrected chi connectivity index (χ0v) is 11.1. The molecule has 0 spiro atoms. The van der Waals surface area contributed by atoms with Gasteiger partial charge in [-0.2, -0.15) is 0 Å². The molecule has 0 aliphatic rings. The fourth-order valence-corrected chi connectivity index (χ4v) is 2.09. The lowest BCUT2D eigenvalue weighted by molar-refractivity contribution is 0.481. The van der Waals surface area contributed by atoms with Crippen molar-refractivity contribution < 1.29 is 22.3 Å². The molecule has 0 bridgehead atoms. The Hall–Kier alpha value is -1.54. The van der Waals surface area contributed by atoms with Gasteiger partial charge in [-0.15, -0.1) is 0 Å². The van der Waals surface area contributed by atoms with E-state index in [1.165, 1.54) is 48.5 Å². The van der Waals surface area contributed by atoms with Crippen LogP contribution < -0.4 is 4.74 Å².